The van der Waals surface area contributed by atoms with E-state index in [0.29, 0.717) is 13.0 Å². The number of carboxylic acid groups (broad SMARTS) is 1. The average Bonchev–Trinajstić information content (AvgIpc) is 2.28. The largest absolute Gasteiger partial charge is 0.481 e. The first-order valence-corrected chi connectivity index (χ1v) is 5.74. The summed E-state index contributed by atoms with van der Waals surface area (Å²) in [6, 6.07) is 5.38. The van der Waals surface area contributed by atoms with Gasteiger partial charge in [-0.25, -0.2) is 4.79 Å². The molecule has 98 valence electrons. The molecule has 1 rings (SSSR count). The molecule has 0 fully saturated rings. The summed E-state index contributed by atoms with van der Waals surface area (Å²) in [5, 5.41) is 13.5. The van der Waals surface area contributed by atoms with Crippen LogP contribution >= 0.6 is 0 Å². The Morgan fingerprint density at radius 3 is 2.67 bits per heavy atom. The quantitative estimate of drug-likeness (QED) is 0.694. The van der Waals surface area contributed by atoms with Gasteiger partial charge in [0.25, 0.3) is 0 Å². The van der Waals surface area contributed by atoms with Crippen LogP contribution in [0.5, 0.6) is 0 Å². The summed E-state index contributed by atoms with van der Waals surface area (Å²) in [6.45, 7) is 2.51. The molecule has 0 saturated carbocycles. The summed E-state index contributed by atoms with van der Waals surface area (Å²) < 4.78 is 0. The van der Waals surface area contributed by atoms with E-state index in [9.17, 15) is 9.59 Å². The molecule has 0 aliphatic rings. The number of carbonyl (C=O) groups excluding carboxylic acids is 1. The smallest absolute Gasteiger partial charge is 0.314 e. The SMILES string of the molecule is Cc1cccc(CCNC(=O)NCCC(=O)O)n1. The fourth-order valence-electron chi connectivity index (χ4n) is 1.39. The number of hydrogen-bond donors (Lipinski definition) is 3. The molecule has 18 heavy (non-hydrogen) atoms. The third-order valence-electron chi connectivity index (χ3n) is 2.24. The van der Waals surface area contributed by atoms with Crippen LogP contribution in [0.3, 0.4) is 0 Å². The van der Waals surface area contributed by atoms with Crippen LogP contribution in [0.2, 0.25) is 0 Å². The fraction of sp³-hybridized carbons (Fsp3) is 0.417. The maximum absolute atomic E-state index is 11.2. The van der Waals surface area contributed by atoms with Crippen LogP contribution in [0.1, 0.15) is 17.8 Å². The molecule has 0 radical (unpaired) electrons. The van der Waals surface area contributed by atoms with Crippen molar-refractivity contribution in [1.82, 2.24) is 15.6 Å². The molecule has 2 amide bonds. The number of carboxylic acids is 1. The van der Waals surface area contributed by atoms with Gasteiger partial charge in [0.1, 0.15) is 0 Å². The zero-order valence-electron chi connectivity index (χ0n) is 10.3. The van der Waals surface area contributed by atoms with Gasteiger partial charge in [0.2, 0.25) is 0 Å². The zero-order valence-corrected chi connectivity index (χ0v) is 10.3. The van der Waals surface area contributed by atoms with Crippen LogP contribution in [-0.2, 0) is 11.2 Å². The number of aliphatic carboxylic acids is 1. The Kier molecular flexibility index (Phi) is 5.63. The minimum absolute atomic E-state index is 0.0765. The van der Waals surface area contributed by atoms with E-state index in [-0.39, 0.29) is 19.0 Å². The van der Waals surface area contributed by atoms with Crippen LogP contribution in [0.15, 0.2) is 18.2 Å². The Labute approximate surface area is 105 Å². The van der Waals surface area contributed by atoms with Gasteiger partial charge in [-0.3, -0.25) is 9.78 Å². The second-order valence-electron chi connectivity index (χ2n) is 3.85. The van der Waals surface area contributed by atoms with Crippen molar-refractivity contribution < 1.29 is 14.7 Å². The maximum atomic E-state index is 11.2. The van der Waals surface area contributed by atoms with Crippen molar-refractivity contribution in [3.63, 3.8) is 0 Å². The Balaban J connectivity index is 2.17. The van der Waals surface area contributed by atoms with E-state index in [1.54, 1.807) is 0 Å². The van der Waals surface area contributed by atoms with Crippen LogP contribution in [-0.4, -0.2) is 35.2 Å². The normalized spacial score (nSPS) is 9.83. The van der Waals surface area contributed by atoms with E-state index in [1.165, 1.54) is 0 Å². The van der Waals surface area contributed by atoms with Crippen molar-refractivity contribution >= 4 is 12.0 Å². The number of carbonyl (C=O) groups is 2. The van der Waals surface area contributed by atoms with E-state index in [1.807, 2.05) is 25.1 Å². The van der Waals surface area contributed by atoms with Crippen LogP contribution in [0.25, 0.3) is 0 Å². The molecule has 6 heteroatoms. The molecular formula is C12H17N3O3. The van der Waals surface area contributed by atoms with Gasteiger partial charge in [-0.1, -0.05) is 6.07 Å². The van der Waals surface area contributed by atoms with Crippen LogP contribution < -0.4 is 10.6 Å². The minimum Gasteiger partial charge on any atom is -0.481 e. The number of hydrogen-bond acceptors (Lipinski definition) is 3. The Hall–Kier alpha value is -2.11. The number of aromatic nitrogens is 1. The summed E-state index contributed by atoms with van der Waals surface area (Å²) in [4.78, 5) is 25.8. The number of nitrogens with zero attached hydrogens (tertiary/aromatic N) is 1. The van der Waals surface area contributed by atoms with E-state index < -0.39 is 5.97 Å². The van der Waals surface area contributed by atoms with Crippen molar-refractivity contribution in [3.8, 4) is 0 Å². The zero-order chi connectivity index (χ0) is 13.4. The van der Waals surface area contributed by atoms with Crippen LogP contribution in [0, 0.1) is 6.92 Å². The molecule has 0 aromatic carbocycles. The molecule has 6 nitrogen and oxygen atoms in total. The molecule has 0 bridgehead atoms. The minimum atomic E-state index is -0.931. The first-order valence-electron chi connectivity index (χ1n) is 5.74. The van der Waals surface area contributed by atoms with Crippen molar-refractivity contribution in [3.05, 3.63) is 29.6 Å². The summed E-state index contributed by atoms with van der Waals surface area (Å²) in [7, 11) is 0. The van der Waals surface area contributed by atoms with Crippen LogP contribution in [0.4, 0.5) is 4.79 Å². The van der Waals surface area contributed by atoms with Gasteiger partial charge in [0.05, 0.1) is 6.42 Å². The highest BCUT2D eigenvalue weighted by Gasteiger charge is 2.02. The van der Waals surface area contributed by atoms with E-state index in [0.717, 1.165) is 11.4 Å². The molecular weight excluding hydrogens is 234 g/mol. The number of nitrogens with one attached hydrogen (secondary N) is 2. The third kappa shape index (κ3) is 5.83. The second-order valence-corrected chi connectivity index (χ2v) is 3.85. The maximum Gasteiger partial charge on any atom is 0.314 e. The highest BCUT2D eigenvalue weighted by molar-refractivity contribution is 5.74. The lowest BCUT2D eigenvalue weighted by molar-refractivity contribution is -0.136. The predicted molar refractivity (Wildman–Crippen MR) is 66.3 cm³/mol. The van der Waals surface area contributed by atoms with Crippen molar-refractivity contribution in [2.75, 3.05) is 13.1 Å². The number of urea groups is 1. The molecule has 0 aliphatic carbocycles. The summed E-state index contributed by atoms with van der Waals surface area (Å²) in [6.07, 6.45) is 0.570. The fourth-order valence-corrected chi connectivity index (χ4v) is 1.39. The standard InChI is InChI=1S/C12H17N3O3/c1-9-3-2-4-10(15-9)5-7-13-12(18)14-8-6-11(16)17/h2-4H,5-8H2,1H3,(H,16,17)(H2,13,14,18). The Morgan fingerprint density at radius 2 is 2.00 bits per heavy atom. The van der Waals surface area contributed by atoms with Gasteiger partial charge < -0.3 is 15.7 Å². The van der Waals surface area contributed by atoms with E-state index >= 15 is 0 Å². The summed E-state index contributed by atoms with van der Waals surface area (Å²) >= 11 is 0. The monoisotopic (exact) mass is 251 g/mol. The van der Waals surface area contributed by atoms with Gasteiger partial charge in [-0.15, -0.1) is 0 Å². The van der Waals surface area contributed by atoms with Crippen molar-refractivity contribution in [2.45, 2.75) is 19.8 Å². The van der Waals surface area contributed by atoms with Gasteiger partial charge >= 0.3 is 12.0 Å². The number of pyridine rings is 1. The van der Waals surface area contributed by atoms with Crippen molar-refractivity contribution in [1.29, 1.82) is 0 Å². The Bertz CT molecular complexity index is 421. The molecule has 1 heterocycles. The van der Waals surface area contributed by atoms with Gasteiger partial charge in [-0.05, 0) is 19.1 Å². The lowest BCUT2D eigenvalue weighted by Crippen LogP contribution is -2.37. The van der Waals surface area contributed by atoms with E-state index in [4.69, 9.17) is 5.11 Å². The lowest BCUT2D eigenvalue weighted by atomic mass is 10.2. The molecule has 0 aliphatic heterocycles. The first kappa shape index (κ1) is 14.0. The lowest BCUT2D eigenvalue weighted by Gasteiger charge is -2.06. The predicted octanol–water partition coefficient (Wildman–Crippen LogP) is 0.706. The third-order valence-corrected chi connectivity index (χ3v) is 2.24. The molecule has 0 spiro atoms. The topological polar surface area (TPSA) is 91.3 Å². The number of amides is 2. The first-order chi connectivity index (χ1) is 8.58. The molecule has 0 atom stereocenters. The molecule has 0 unspecified atom stereocenters. The highest BCUT2D eigenvalue weighted by atomic mass is 16.4. The van der Waals surface area contributed by atoms with Gasteiger partial charge in [-0.2, -0.15) is 0 Å². The number of aryl methyl sites for hydroxylation is 1. The second kappa shape index (κ2) is 7.26. The molecule has 3 N–H and O–H groups in total. The van der Waals surface area contributed by atoms with E-state index in [2.05, 4.69) is 15.6 Å². The van der Waals surface area contributed by atoms with Gasteiger partial charge in [0.15, 0.2) is 0 Å². The molecule has 0 saturated heterocycles. The van der Waals surface area contributed by atoms with Gasteiger partial charge in [0, 0.05) is 30.9 Å². The Morgan fingerprint density at radius 1 is 1.28 bits per heavy atom. The molecule has 1 aromatic rings. The highest BCUT2D eigenvalue weighted by Crippen LogP contribution is 1.97. The summed E-state index contributed by atoms with van der Waals surface area (Å²) in [5.41, 5.74) is 1.86. The number of rotatable bonds is 6. The molecule has 1 aromatic heterocycles. The summed E-state index contributed by atoms with van der Waals surface area (Å²) in [5.74, 6) is -0.931. The van der Waals surface area contributed by atoms with Crippen molar-refractivity contribution in [2.24, 2.45) is 0 Å². The average molecular weight is 251 g/mol.